The van der Waals surface area contributed by atoms with Gasteiger partial charge in [-0.15, -0.1) is 0 Å². The molecule has 0 radical (unpaired) electrons. The van der Waals surface area contributed by atoms with Crippen LogP contribution in [-0.2, 0) is 4.79 Å². The summed E-state index contributed by atoms with van der Waals surface area (Å²) in [4.78, 5) is 24.7. The first-order valence-corrected chi connectivity index (χ1v) is 8.54. The molecule has 1 aromatic heterocycles. The van der Waals surface area contributed by atoms with Crippen molar-refractivity contribution in [2.45, 2.75) is 72.6 Å². The van der Waals surface area contributed by atoms with Gasteiger partial charge in [0.2, 0.25) is 11.9 Å². The highest BCUT2D eigenvalue weighted by Crippen LogP contribution is 2.40. The topological polar surface area (TPSA) is 67.8 Å². The molecule has 124 valence electrons. The quantitative estimate of drug-likeness (QED) is 0.657. The van der Waals surface area contributed by atoms with Gasteiger partial charge in [0, 0.05) is 0 Å². The van der Waals surface area contributed by atoms with Gasteiger partial charge in [0.25, 0.3) is 0 Å². The fraction of sp³-hybridized carbons (Fsp3) is 0.765. The number of unbranched alkanes of at least 4 members (excludes halogenated alkanes) is 3. The van der Waals surface area contributed by atoms with E-state index in [-0.39, 0.29) is 11.3 Å². The van der Waals surface area contributed by atoms with Crippen LogP contribution in [0.3, 0.4) is 0 Å². The lowest BCUT2D eigenvalue weighted by Gasteiger charge is -2.36. The minimum Gasteiger partial charge on any atom is -0.294 e. The Balaban J connectivity index is 2.85. The number of nitrogens with zero attached hydrogens (tertiary/aromatic N) is 3. The SMILES string of the molecule is CCCCCCC(CC)(C(=O)Nc1ncncn1)C(C)CC. The van der Waals surface area contributed by atoms with E-state index in [9.17, 15) is 4.79 Å². The van der Waals surface area contributed by atoms with Crippen LogP contribution in [0.5, 0.6) is 0 Å². The largest absolute Gasteiger partial charge is 0.294 e. The summed E-state index contributed by atoms with van der Waals surface area (Å²) in [6.45, 7) is 8.64. The second kappa shape index (κ2) is 9.49. The number of anilines is 1. The maximum absolute atomic E-state index is 12.9. The van der Waals surface area contributed by atoms with Crippen LogP contribution in [0.25, 0.3) is 0 Å². The third-order valence-electron chi connectivity index (χ3n) is 4.83. The van der Waals surface area contributed by atoms with Crippen molar-refractivity contribution < 1.29 is 4.79 Å². The summed E-state index contributed by atoms with van der Waals surface area (Å²) >= 11 is 0. The molecule has 1 rings (SSSR count). The highest BCUT2D eigenvalue weighted by atomic mass is 16.2. The van der Waals surface area contributed by atoms with Crippen LogP contribution in [0.1, 0.15) is 72.6 Å². The molecule has 0 aliphatic carbocycles. The van der Waals surface area contributed by atoms with Crippen molar-refractivity contribution in [2.24, 2.45) is 11.3 Å². The molecule has 5 nitrogen and oxygen atoms in total. The Labute approximate surface area is 134 Å². The zero-order chi connectivity index (χ0) is 16.4. The first-order valence-electron chi connectivity index (χ1n) is 8.54. The number of aromatic nitrogens is 3. The van der Waals surface area contributed by atoms with Crippen LogP contribution < -0.4 is 5.32 Å². The number of nitrogens with one attached hydrogen (secondary N) is 1. The van der Waals surface area contributed by atoms with Gasteiger partial charge >= 0.3 is 0 Å². The summed E-state index contributed by atoms with van der Waals surface area (Å²) < 4.78 is 0. The molecule has 1 N–H and O–H groups in total. The van der Waals surface area contributed by atoms with Gasteiger partial charge in [-0.05, 0) is 18.8 Å². The Hall–Kier alpha value is -1.52. The number of carbonyl (C=O) groups is 1. The van der Waals surface area contributed by atoms with E-state index in [4.69, 9.17) is 0 Å². The van der Waals surface area contributed by atoms with Gasteiger partial charge in [-0.25, -0.2) is 15.0 Å². The molecular formula is C17H30N4O. The van der Waals surface area contributed by atoms with Gasteiger partial charge in [-0.1, -0.05) is 59.8 Å². The Morgan fingerprint density at radius 3 is 2.41 bits per heavy atom. The molecule has 5 heteroatoms. The van der Waals surface area contributed by atoms with Crippen molar-refractivity contribution in [3.8, 4) is 0 Å². The number of hydrogen-bond donors (Lipinski definition) is 1. The van der Waals surface area contributed by atoms with Gasteiger partial charge in [-0.3, -0.25) is 10.1 Å². The summed E-state index contributed by atoms with van der Waals surface area (Å²) in [5.41, 5.74) is -0.338. The number of carbonyl (C=O) groups excluding carboxylic acids is 1. The van der Waals surface area contributed by atoms with E-state index in [0.717, 1.165) is 25.7 Å². The van der Waals surface area contributed by atoms with E-state index < -0.39 is 0 Å². The molecule has 22 heavy (non-hydrogen) atoms. The highest BCUT2D eigenvalue weighted by Gasteiger charge is 2.40. The van der Waals surface area contributed by atoms with Gasteiger partial charge in [0.05, 0.1) is 5.41 Å². The van der Waals surface area contributed by atoms with Gasteiger partial charge in [-0.2, -0.15) is 0 Å². The van der Waals surface area contributed by atoms with Crippen molar-refractivity contribution in [1.82, 2.24) is 15.0 Å². The van der Waals surface area contributed by atoms with Crippen molar-refractivity contribution >= 4 is 11.9 Å². The maximum atomic E-state index is 12.9. The molecule has 1 amide bonds. The molecule has 0 saturated carbocycles. The van der Waals surface area contributed by atoms with Crippen LogP contribution >= 0.6 is 0 Å². The molecule has 1 aromatic rings. The zero-order valence-electron chi connectivity index (χ0n) is 14.4. The summed E-state index contributed by atoms with van der Waals surface area (Å²) in [5, 5.41) is 2.89. The van der Waals surface area contributed by atoms with Crippen LogP contribution in [0.15, 0.2) is 12.7 Å². The molecule has 0 spiro atoms. The monoisotopic (exact) mass is 306 g/mol. The smallest absolute Gasteiger partial charge is 0.233 e. The Morgan fingerprint density at radius 2 is 1.86 bits per heavy atom. The van der Waals surface area contributed by atoms with Crippen LogP contribution in [0, 0.1) is 11.3 Å². The molecule has 1 heterocycles. The van der Waals surface area contributed by atoms with E-state index in [2.05, 4.69) is 48.0 Å². The van der Waals surface area contributed by atoms with Crippen molar-refractivity contribution in [2.75, 3.05) is 5.32 Å². The lowest BCUT2D eigenvalue weighted by molar-refractivity contribution is -0.129. The van der Waals surface area contributed by atoms with E-state index in [1.165, 1.54) is 31.9 Å². The van der Waals surface area contributed by atoms with Crippen LogP contribution in [-0.4, -0.2) is 20.9 Å². The van der Waals surface area contributed by atoms with Gasteiger partial charge < -0.3 is 0 Å². The average Bonchev–Trinajstić information content (AvgIpc) is 2.55. The number of hydrogen-bond acceptors (Lipinski definition) is 4. The summed E-state index contributed by atoms with van der Waals surface area (Å²) in [6, 6.07) is 0. The molecule has 0 aliphatic rings. The standard InChI is InChI=1S/C17H30N4O/c1-5-8-9-10-11-17(7-3,14(4)6-2)15(22)21-16-19-12-18-13-20-16/h12-14H,5-11H2,1-4H3,(H,18,19,20,21,22). The minimum atomic E-state index is -0.338. The second-order valence-electron chi connectivity index (χ2n) is 6.05. The molecule has 0 aliphatic heterocycles. The third kappa shape index (κ3) is 4.75. The predicted molar refractivity (Wildman–Crippen MR) is 89.4 cm³/mol. The van der Waals surface area contributed by atoms with Crippen molar-refractivity contribution in [3.63, 3.8) is 0 Å². The molecular weight excluding hydrogens is 276 g/mol. The van der Waals surface area contributed by atoms with Crippen molar-refractivity contribution in [1.29, 1.82) is 0 Å². The second-order valence-corrected chi connectivity index (χ2v) is 6.05. The average molecular weight is 306 g/mol. The Morgan fingerprint density at radius 1 is 1.18 bits per heavy atom. The Bertz CT molecular complexity index is 438. The van der Waals surface area contributed by atoms with E-state index in [0.29, 0.717) is 11.9 Å². The molecule has 2 atom stereocenters. The number of rotatable bonds is 10. The van der Waals surface area contributed by atoms with E-state index in [1.807, 2.05) is 0 Å². The molecule has 0 fully saturated rings. The highest BCUT2D eigenvalue weighted by molar-refractivity contribution is 5.94. The fourth-order valence-electron chi connectivity index (χ4n) is 3.06. The van der Waals surface area contributed by atoms with E-state index >= 15 is 0 Å². The predicted octanol–water partition coefficient (Wildman–Crippen LogP) is 4.22. The van der Waals surface area contributed by atoms with Crippen LogP contribution in [0.2, 0.25) is 0 Å². The normalized spacial score (nSPS) is 15.1. The first-order chi connectivity index (χ1) is 10.6. The zero-order valence-corrected chi connectivity index (χ0v) is 14.4. The van der Waals surface area contributed by atoms with Crippen molar-refractivity contribution in [3.05, 3.63) is 12.7 Å². The summed E-state index contributed by atoms with van der Waals surface area (Å²) in [5.74, 6) is 0.725. The molecule has 0 saturated heterocycles. The molecule has 0 bridgehead atoms. The molecule has 0 aromatic carbocycles. The molecule has 2 unspecified atom stereocenters. The summed E-state index contributed by atoms with van der Waals surface area (Å²) in [6.07, 6.45) is 10.3. The van der Waals surface area contributed by atoms with Gasteiger partial charge in [0.15, 0.2) is 0 Å². The lowest BCUT2D eigenvalue weighted by Crippen LogP contribution is -2.41. The number of amides is 1. The lowest BCUT2D eigenvalue weighted by atomic mass is 9.68. The first kappa shape index (κ1) is 18.5. The summed E-state index contributed by atoms with van der Waals surface area (Å²) in [7, 11) is 0. The third-order valence-corrected chi connectivity index (χ3v) is 4.83. The minimum absolute atomic E-state index is 0.0482. The Kier molecular flexibility index (Phi) is 7.99. The maximum Gasteiger partial charge on any atom is 0.233 e. The van der Waals surface area contributed by atoms with Gasteiger partial charge in [0.1, 0.15) is 12.7 Å². The van der Waals surface area contributed by atoms with E-state index in [1.54, 1.807) is 0 Å². The fourth-order valence-corrected chi connectivity index (χ4v) is 3.06. The van der Waals surface area contributed by atoms with Crippen LogP contribution in [0.4, 0.5) is 5.95 Å².